The average Bonchev–Trinajstić information content (AvgIpc) is 2.07. The predicted octanol–water partition coefficient (Wildman–Crippen LogP) is 2.36. The Bertz CT molecular complexity index is 332. The van der Waals surface area contributed by atoms with Gasteiger partial charge in [-0.15, -0.1) is 0 Å². The number of aliphatic imine (C=N–C) groups is 1. The zero-order valence-corrected chi connectivity index (χ0v) is 8.30. The molecule has 70 valence electrons. The number of methoxy groups -OCH3 is 1. The largest absolute Gasteiger partial charge is 0.495 e. The highest BCUT2D eigenvalue weighted by atomic mass is 35.5. The molecule has 2 N–H and O–H groups in total. The van der Waals surface area contributed by atoms with E-state index in [1.165, 1.54) is 0 Å². The third kappa shape index (κ3) is 2.63. The van der Waals surface area contributed by atoms with Crippen LogP contribution in [0.25, 0.3) is 0 Å². The molecule has 13 heavy (non-hydrogen) atoms. The summed E-state index contributed by atoms with van der Waals surface area (Å²) in [6.45, 7) is 1.72. The summed E-state index contributed by atoms with van der Waals surface area (Å²) in [6, 6.07) is 5.24. The highest BCUT2D eigenvalue weighted by Gasteiger charge is 2.00. The van der Waals surface area contributed by atoms with E-state index in [9.17, 15) is 0 Å². The molecule has 1 rings (SSSR count). The van der Waals surface area contributed by atoms with Crippen LogP contribution in [0, 0.1) is 0 Å². The Balaban J connectivity index is 3.06. The lowest BCUT2D eigenvalue weighted by molar-refractivity contribution is 0.415. The standard InChI is InChI=1S/C9H11ClN2O/c1-6(11)12-7-3-4-8(10)9(5-7)13-2/h3-5H,1-2H3,(H2,11,12). The summed E-state index contributed by atoms with van der Waals surface area (Å²) in [6.07, 6.45) is 0. The third-order valence-corrected chi connectivity index (χ3v) is 1.75. The van der Waals surface area contributed by atoms with Crippen molar-refractivity contribution >= 4 is 23.1 Å². The van der Waals surface area contributed by atoms with E-state index >= 15 is 0 Å². The van der Waals surface area contributed by atoms with E-state index in [-0.39, 0.29) is 0 Å². The smallest absolute Gasteiger partial charge is 0.139 e. The summed E-state index contributed by atoms with van der Waals surface area (Å²) in [5.41, 5.74) is 6.17. The topological polar surface area (TPSA) is 47.6 Å². The van der Waals surface area contributed by atoms with E-state index in [4.69, 9.17) is 22.1 Å². The maximum Gasteiger partial charge on any atom is 0.139 e. The second-order valence-electron chi connectivity index (χ2n) is 2.57. The molecule has 4 heteroatoms. The van der Waals surface area contributed by atoms with E-state index in [0.717, 1.165) is 5.69 Å². The van der Waals surface area contributed by atoms with Gasteiger partial charge in [-0.25, -0.2) is 4.99 Å². The molecule has 0 aliphatic carbocycles. The molecule has 0 unspecified atom stereocenters. The molecule has 1 aromatic rings. The second kappa shape index (κ2) is 4.14. The van der Waals surface area contributed by atoms with Gasteiger partial charge in [-0.1, -0.05) is 11.6 Å². The molecule has 0 heterocycles. The predicted molar refractivity (Wildman–Crippen MR) is 55.0 cm³/mol. The summed E-state index contributed by atoms with van der Waals surface area (Å²) >= 11 is 5.83. The van der Waals surface area contributed by atoms with E-state index in [0.29, 0.717) is 16.6 Å². The summed E-state index contributed by atoms with van der Waals surface area (Å²) < 4.78 is 5.03. The number of halogens is 1. The van der Waals surface area contributed by atoms with Crippen LogP contribution in [0.1, 0.15) is 6.92 Å². The monoisotopic (exact) mass is 198 g/mol. The summed E-state index contributed by atoms with van der Waals surface area (Å²) in [7, 11) is 1.56. The molecule has 0 aliphatic heterocycles. The summed E-state index contributed by atoms with van der Waals surface area (Å²) in [5, 5.41) is 0.566. The Morgan fingerprint density at radius 1 is 1.54 bits per heavy atom. The number of nitrogens with zero attached hydrogens (tertiary/aromatic N) is 1. The maximum atomic E-state index is 5.83. The lowest BCUT2D eigenvalue weighted by Gasteiger charge is -2.03. The van der Waals surface area contributed by atoms with Gasteiger partial charge in [0, 0.05) is 6.07 Å². The number of nitrogens with two attached hydrogens (primary N) is 1. The van der Waals surface area contributed by atoms with Crippen molar-refractivity contribution in [3.8, 4) is 5.75 Å². The van der Waals surface area contributed by atoms with Crippen LogP contribution in [-0.2, 0) is 0 Å². The molecule has 0 atom stereocenters. The molecule has 0 saturated carbocycles. The van der Waals surface area contributed by atoms with Gasteiger partial charge in [0.25, 0.3) is 0 Å². The Morgan fingerprint density at radius 3 is 2.77 bits per heavy atom. The fraction of sp³-hybridized carbons (Fsp3) is 0.222. The first-order chi connectivity index (χ1) is 6.13. The Labute approximate surface area is 82.2 Å². The van der Waals surface area contributed by atoms with E-state index in [1.54, 1.807) is 32.2 Å². The first-order valence-corrected chi connectivity index (χ1v) is 4.15. The van der Waals surface area contributed by atoms with Crippen molar-refractivity contribution in [2.75, 3.05) is 7.11 Å². The molecular formula is C9H11ClN2O. The van der Waals surface area contributed by atoms with Gasteiger partial charge < -0.3 is 10.5 Å². The molecule has 1 aromatic carbocycles. The Morgan fingerprint density at radius 2 is 2.23 bits per heavy atom. The van der Waals surface area contributed by atoms with Gasteiger partial charge >= 0.3 is 0 Å². The molecule has 0 bridgehead atoms. The van der Waals surface area contributed by atoms with Crippen LogP contribution in [0.4, 0.5) is 5.69 Å². The van der Waals surface area contributed by atoms with Crippen LogP contribution in [0.2, 0.25) is 5.02 Å². The van der Waals surface area contributed by atoms with Crippen molar-refractivity contribution in [1.29, 1.82) is 0 Å². The van der Waals surface area contributed by atoms with E-state index in [2.05, 4.69) is 4.99 Å². The van der Waals surface area contributed by atoms with E-state index < -0.39 is 0 Å². The Kier molecular flexibility index (Phi) is 3.14. The first-order valence-electron chi connectivity index (χ1n) is 3.78. The van der Waals surface area contributed by atoms with E-state index in [1.807, 2.05) is 0 Å². The van der Waals surface area contributed by atoms with Gasteiger partial charge in [0.15, 0.2) is 0 Å². The third-order valence-electron chi connectivity index (χ3n) is 1.44. The van der Waals surface area contributed by atoms with Gasteiger partial charge in [0.2, 0.25) is 0 Å². The lowest BCUT2D eigenvalue weighted by atomic mass is 10.3. The van der Waals surface area contributed by atoms with Gasteiger partial charge in [-0.3, -0.25) is 0 Å². The van der Waals surface area contributed by atoms with Gasteiger partial charge in [-0.2, -0.15) is 0 Å². The molecule has 0 radical (unpaired) electrons. The fourth-order valence-corrected chi connectivity index (χ4v) is 1.12. The average molecular weight is 199 g/mol. The molecule has 0 fully saturated rings. The number of hydrogen-bond donors (Lipinski definition) is 1. The molecule has 3 nitrogen and oxygen atoms in total. The lowest BCUT2D eigenvalue weighted by Crippen LogP contribution is -2.03. The minimum atomic E-state index is 0.504. The molecular weight excluding hydrogens is 188 g/mol. The number of rotatable bonds is 2. The Hall–Kier alpha value is -1.22. The summed E-state index contributed by atoms with van der Waals surface area (Å²) in [4.78, 5) is 4.06. The van der Waals surface area contributed by atoms with Gasteiger partial charge in [-0.05, 0) is 19.1 Å². The maximum absolute atomic E-state index is 5.83. The van der Waals surface area contributed by atoms with Crippen molar-refractivity contribution in [3.05, 3.63) is 23.2 Å². The van der Waals surface area contributed by atoms with Crippen LogP contribution in [0.3, 0.4) is 0 Å². The van der Waals surface area contributed by atoms with Gasteiger partial charge in [0.1, 0.15) is 5.75 Å². The second-order valence-corrected chi connectivity index (χ2v) is 2.98. The van der Waals surface area contributed by atoms with Crippen LogP contribution in [0.5, 0.6) is 5.75 Å². The normalized spacial score (nSPS) is 11.5. The number of benzene rings is 1. The summed E-state index contributed by atoms with van der Waals surface area (Å²) in [5.74, 6) is 1.11. The minimum Gasteiger partial charge on any atom is -0.495 e. The van der Waals surface area contributed by atoms with Crippen molar-refractivity contribution in [1.82, 2.24) is 0 Å². The number of hydrogen-bond acceptors (Lipinski definition) is 2. The number of ether oxygens (including phenoxy) is 1. The van der Waals surface area contributed by atoms with Crippen LogP contribution < -0.4 is 10.5 Å². The fourth-order valence-electron chi connectivity index (χ4n) is 0.922. The highest BCUT2D eigenvalue weighted by Crippen LogP contribution is 2.28. The van der Waals surface area contributed by atoms with Crippen molar-refractivity contribution in [2.24, 2.45) is 10.7 Å². The number of amidine groups is 1. The molecule has 0 saturated heterocycles. The quantitative estimate of drug-likeness (QED) is 0.586. The molecule has 0 aromatic heterocycles. The van der Waals surface area contributed by atoms with Crippen molar-refractivity contribution < 1.29 is 4.74 Å². The zero-order chi connectivity index (χ0) is 9.84. The van der Waals surface area contributed by atoms with Gasteiger partial charge in [0.05, 0.1) is 23.7 Å². The van der Waals surface area contributed by atoms with Crippen LogP contribution in [-0.4, -0.2) is 12.9 Å². The minimum absolute atomic E-state index is 0.504. The van der Waals surface area contributed by atoms with Crippen LogP contribution >= 0.6 is 11.6 Å². The zero-order valence-electron chi connectivity index (χ0n) is 7.54. The van der Waals surface area contributed by atoms with Crippen molar-refractivity contribution in [3.63, 3.8) is 0 Å². The van der Waals surface area contributed by atoms with Crippen molar-refractivity contribution in [2.45, 2.75) is 6.92 Å². The van der Waals surface area contributed by atoms with Crippen LogP contribution in [0.15, 0.2) is 23.2 Å². The molecule has 0 amide bonds. The molecule has 0 spiro atoms. The highest BCUT2D eigenvalue weighted by molar-refractivity contribution is 6.32. The molecule has 0 aliphatic rings. The first kappa shape index (κ1) is 9.86. The SMILES string of the molecule is COc1cc(N=C(C)N)ccc1Cl.